The van der Waals surface area contributed by atoms with Gasteiger partial charge in [0.15, 0.2) is 0 Å². The van der Waals surface area contributed by atoms with Gasteiger partial charge in [0.25, 0.3) is 0 Å². The lowest BCUT2D eigenvalue weighted by Crippen LogP contribution is -2.03. The number of hydrogen-bond acceptors (Lipinski definition) is 3. The van der Waals surface area contributed by atoms with Crippen LogP contribution >= 0.6 is 0 Å². The number of nitrogen functional groups attached to an aromatic ring is 1. The average Bonchev–Trinajstić information content (AvgIpc) is 2.87. The van der Waals surface area contributed by atoms with E-state index in [2.05, 4.69) is 10.2 Å². The molecule has 1 aromatic carbocycles. The minimum absolute atomic E-state index is 0.661. The number of nitrogens with two attached hydrogens (primary N) is 1. The molecule has 2 heterocycles. The van der Waals surface area contributed by atoms with Gasteiger partial charge in [0.05, 0.1) is 24.0 Å². The van der Waals surface area contributed by atoms with Crippen LogP contribution < -0.4 is 5.73 Å². The molecule has 5 heteroatoms. The van der Waals surface area contributed by atoms with Crippen LogP contribution in [0.4, 0.5) is 5.69 Å². The summed E-state index contributed by atoms with van der Waals surface area (Å²) in [4.78, 5) is 0. The third kappa shape index (κ3) is 1.75. The number of anilines is 1. The molecule has 0 aliphatic carbocycles. The number of fused-ring (bicyclic) bond motifs is 1. The van der Waals surface area contributed by atoms with Gasteiger partial charge < -0.3 is 5.73 Å². The first-order valence-corrected chi connectivity index (χ1v) is 5.42. The normalized spacial score (nSPS) is 11.1. The minimum atomic E-state index is 0.661. The van der Waals surface area contributed by atoms with Crippen LogP contribution in [-0.4, -0.2) is 19.6 Å². The van der Waals surface area contributed by atoms with Crippen molar-refractivity contribution in [2.75, 3.05) is 5.73 Å². The lowest BCUT2D eigenvalue weighted by molar-refractivity contribution is 0.667. The Morgan fingerprint density at radius 2 is 2.18 bits per heavy atom. The Balaban J connectivity index is 2.03. The van der Waals surface area contributed by atoms with E-state index in [9.17, 15) is 0 Å². The van der Waals surface area contributed by atoms with E-state index in [1.165, 1.54) is 0 Å². The van der Waals surface area contributed by atoms with E-state index < -0.39 is 0 Å². The van der Waals surface area contributed by atoms with E-state index in [0.29, 0.717) is 6.54 Å². The predicted octanol–water partition coefficient (Wildman–Crippen LogP) is 1.40. The van der Waals surface area contributed by atoms with Crippen LogP contribution in [0.5, 0.6) is 0 Å². The van der Waals surface area contributed by atoms with Crippen molar-refractivity contribution in [1.29, 1.82) is 0 Å². The first-order valence-electron chi connectivity index (χ1n) is 5.42. The Hall–Kier alpha value is -2.30. The Bertz CT molecular complexity index is 664. The predicted molar refractivity (Wildman–Crippen MR) is 66.5 cm³/mol. The summed E-state index contributed by atoms with van der Waals surface area (Å²) < 4.78 is 3.70. The van der Waals surface area contributed by atoms with Gasteiger partial charge in [-0.25, -0.2) is 0 Å². The quantitative estimate of drug-likeness (QED) is 0.673. The van der Waals surface area contributed by atoms with Crippen LogP contribution in [0.2, 0.25) is 0 Å². The largest absolute Gasteiger partial charge is 0.399 e. The van der Waals surface area contributed by atoms with Gasteiger partial charge in [0.2, 0.25) is 0 Å². The summed E-state index contributed by atoms with van der Waals surface area (Å²) >= 11 is 0. The van der Waals surface area contributed by atoms with E-state index >= 15 is 0 Å². The maximum absolute atomic E-state index is 5.79. The lowest BCUT2D eigenvalue weighted by atomic mass is 10.2. The smallest absolute Gasteiger partial charge is 0.0857 e. The van der Waals surface area contributed by atoms with Crippen LogP contribution in [0.1, 0.15) is 5.69 Å². The first kappa shape index (κ1) is 9.89. The lowest BCUT2D eigenvalue weighted by Gasteiger charge is -2.01. The summed E-state index contributed by atoms with van der Waals surface area (Å²) in [6.07, 6.45) is 3.77. The van der Waals surface area contributed by atoms with Crippen molar-refractivity contribution in [3.8, 4) is 0 Å². The molecule has 2 aromatic heterocycles. The van der Waals surface area contributed by atoms with Crippen LogP contribution in [0.25, 0.3) is 10.9 Å². The summed E-state index contributed by atoms with van der Waals surface area (Å²) in [5.41, 5.74) is 8.56. The topological polar surface area (TPSA) is 61.7 Å². The van der Waals surface area contributed by atoms with Crippen molar-refractivity contribution in [1.82, 2.24) is 19.6 Å². The van der Waals surface area contributed by atoms with Gasteiger partial charge in [-0.2, -0.15) is 10.2 Å². The SMILES string of the molecule is Cn1ccc(Cn2ncc3ccc(N)cc32)n1. The number of rotatable bonds is 2. The van der Waals surface area contributed by atoms with Crippen molar-refractivity contribution in [3.63, 3.8) is 0 Å². The fourth-order valence-electron chi connectivity index (χ4n) is 1.91. The van der Waals surface area contributed by atoms with E-state index in [1.54, 1.807) is 4.68 Å². The molecule has 3 rings (SSSR count). The second-order valence-corrected chi connectivity index (χ2v) is 4.10. The molecule has 5 nitrogen and oxygen atoms in total. The Morgan fingerprint density at radius 3 is 2.94 bits per heavy atom. The molecular weight excluding hydrogens is 214 g/mol. The second kappa shape index (κ2) is 3.62. The molecule has 0 saturated carbocycles. The molecule has 2 N–H and O–H groups in total. The van der Waals surface area contributed by atoms with Gasteiger partial charge >= 0.3 is 0 Å². The van der Waals surface area contributed by atoms with Gasteiger partial charge in [-0.1, -0.05) is 0 Å². The van der Waals surface area contributed by atoms with Crippen LogP contribution in [0.3, 0.4) is 0 Å². The fraction of sp³-hybridized carbons (Fsp3) is 0.167. The highest BCUT2D eigenvalue weighted by Gasteiger charge is 2.05. The zero-order valence-electron chi connectivity index (χ0n) is 9.54. The van der Waals surface area contributed by atoms with Crippen molar-refractivity contribution < 1.29 is 0 Å². The van der Waals surface area contributed by atoms with Gasteiger partial charge in [0, 0.05) is 24.3 Å². The molecule has 0 spiro atoms. The highest BCUT2D eigenvalue weighted by Crippen LogP contribution is 2.17. The number of aromatic nitrogens is 4. The van der Waals surface area contributed by atoms with Crippen LogP contribution in [0.15, 0.2) is 36.7 Å². The van der Waals surface area contributed by atoms with E-state index in [0.717, 1.165) is 22.3 Å². The molecule has 0 saturated heterocycles. The highest BCUT2D eigenvalue weighted by atomic mass is 15.3. The van der Waals surface area contributed by atoms with Crippen LogP contribution in [0, 0.1) is 0 Å². The number of aryl methyl sites for hydroxylation is 1. The molecule has 0 radical (unpaired) electrons. The van der Waals surface area contributed by atoms with Gasteiger partial charge in [0.1, 0.15) is 0 Å². The van der Waals surface area contributed by atoms with E-state index in [-0.39, 0.29) is 0 Å². The minimum Gasteiger partial charge on any atom is -0.399 e. The zero-order valence-corrected chi connectivity index (χ0v) is 9.54. The Morgan fingerprint density at radius 1 is 1.29 bits per heavy atom. The van der Waals surface area contributed by atoms with Gasteiger partial charge in [-0.15, -0.1) is 0 Å². The van der Waals surface area contributed by atoms with Crippen molar-refractivity contribution in [3.05, 3.63) is 42.4 Å². The molecule has 0 fully saturated rings. The standard InChI is InChI=1S/C12H13N5/c1-16-5-4-11(15-16)8-17-12-6-10(13)3-2-9(12)7-14-17/h2-7H,8,13H2,1H3. The van der Waals surface area contributed by atoms with Gasteiger partial charge in [-0.05, 0) is 24.3 Å². The van der Waals surface area contributed by atoms with Gasteiger partial charge in [-0.3, -0.25) is 9.36 Å². The zero-order chi connectivity index (χ0) is 11.8. The first-order chi connectivity index (χ1) is 8.22. The molecule has 0 bridgehead atoms. The molecule has 0 atom stereocenters. The number of benzene rings is 1. The summed E-state index contributed by atoms with van der Waals surface area (Å²) in [6, 6.07) is 7.78. The third-order valence-electron chi connectivity index (χ3n) is 2.75. The molecule has 0 aliphatic heterocycles. The van der Waals surface area contributed by atoms with Crippen molar-refractivity contribution in [2.45, 2.75) is 6.54 Å². The number of nitrogens with zero attached hydrogens (tertiary/aromatic N) is 4. The second-order valence-electron chi connectivity index (χ2n) is 4.10. The molecule has 86 valence electrons. The van der Waals surface area contributed by atoms with Crippen molar-refractivity contribution in [2.24, 2.45) is 7.05 Å². The summed E-state index contributed by atoms with van der Waals surface area (Å²) in [6.45, 7) is 0.661. The summed E-state index contributed by atoms with van der Waals surface area (Å²) in [5.74, 6) is 0. The fourth-order valence-corrected chi connectivity index (χ4v) is 1.91. The van der Waals surface area contributed by atoms with Crippen LogP contribution in [-0.2, 0) is 13.6 Å². The maximum atomic E-state index is 5.79. The molecule has 3 aromatic rings. The molecule has 0 unspecified atom stereocenters. The summed E-state index contributed by atoms with van der Waals surface area (Å²) in [5, 5.41) is 9.78. The van der Waals surface area contributed by atoms with Crippen molar-refractivity contribution >= 4 is 16.6 Å². The Labute approximate surface area is 98.5 Å². The third-order valence-corrected chi connectivity index (χ3v) is 2.75. The van der Waals surface area contributed by atoms with E-state index in [1.807, 2.05) is 48.4 Å². The highest BCUT2D eigenvalue weighted by molar-refractivity contribution is 5.81. The molecule has 0 amide bonds. The average molecular weight is 227 g/mol. The molecule has 0 aliphatic rings. The molecule has 17 heavy (non-hydrogen) atoms. The number of hydrogen-bond donors (Lipinski definition) is 1. The van der Waals surface area contributed by atoms with E-state index in [4.69, 9.17) is 5.73 Å². The Kier molecular flexibility index (Phi) is 2.11. The molecular formula is C12H13N5. The summed E-state index contributed by atoms with van der Waals surface area (Å²) in [7, 11) is 1.91. The monoisotopic (exact) mass is 227 g/mol. The maximum Gasteiger partial charge on any atom is 0.0857 e.